The van der Waals surface area contributed by atoms with Gasteiger partial charge in [-0.15, -0.1) is 0 Å². The van der Waals surface area contributed by atoms with Crippen LogP contribution in [0, 0.1) is 5.92 Å². The van der Waals surface area contributed by atoms with Crippen LogP contribution in [0.3, 0.4) is 0 Å². The van der Waals surface area contributed by atoms with Gasteiger partial charge < -0.3 is 10.2 Å². The summed E-state index contributed by atoms with van der Waals surface area (Å²) in [5.41, 5.74) is 1.66. The first-order valence-electron chi connectivity index (χ1n) is 11.3. The number of piperidine rings is 1. The van der Waals surface area contributed by atoms with Crippen molar-refractivity contribution < 1.29 is 18.0 Å². The van der Waals surface area contributed by atoms with Crippen LogP contribution in [-0.2, 0) is 24.1 Å². The van der Waals surface area contributed by atoms with Crippen molar-refractivity contribution in [3.63, 3.8) is 0 Å². The van der Waals surface area contributed by atoms with E-state index >= 15 is 0 Å². The number of nitrogens with one attached hydrogen (secondary N) is 1. The first kappa shape index (κ1) is 22.6. The Morgan fingerprint density at radius 1 is 1.00 bits per heavy atom. The molecule has 0 unspecified atom stereocenters. The van der Waals surface area contributed by atoms with E-state index in [1.165, 1.54) is 24.5 Å². The smallest absolute Gasteiger partial charge is 0.357 e. The van der Waals surface area contributed by atoms with Crippen LogP contribution in [-0.4, -0.2) is 42.0 Å². The second kappa shape index (κ2) is 9.90. The molecule has 2 aromatic rings. The second-order valence-corrected chi connectivity index (χ2v) is 8.63. The molecule has 4 rings (SSSR count). The molecule has 2 fully saturated rings. The van der Waals surface area contributed by atoms with Gasteiger partial charge in [0.25, 0.3) is 0 Å². The maximum absolute atomic E-state index is 12.7. The highest BCUT2D eigenvalue weighted by molar-refractivity contribution is 5.79. The molecule has 0 bridgehead atoms. The van der Waals surface area contributed by atoms with E-state index in [1.807, 2.05) is 17.0 Å². The van der Waals surface area contributed by atoms with Crippen molar-refractivity contribution in [3.8, 4) is 0 Å². The highest BCUT2D eigenvalue weighted by Crippen LogP contribution is 2.30. The minimum atomic E-state index is -4.39. The van der Waals surface area contributed by atoms with E-state index < -0.39 is 11.7 Å². The summed E-state index contributed by atoms with van der Waals surface area (Å²) in [5, 5.41) is 3.10. The van der Waals surface area contributed by atoms with Gasteiger partial charge in [-0.1, -0.05) is 24.3 Å². The molecule has 1 aromatic heterocycles. The van der Waals surface area contributed by atoms with Gasteiger partial charge in [0.05, 0.1) is 5.56 Å². The fraction of sp³-hybridized carbons (Fsp3) is 0.500. The van der Waals surface area contributed by atoms with Gasteiger partial charge in [-0.05, 0) is 62.0 Å². The van der Waals surface area contributed by atoms with Crippen LogP contribution >= 0.6 is 0 Å². The van der Waals surface area contributed by atoms with E-state index in [0.29, 0.717) is 38.3 Å². The van der Waals surface area contributed by atoms with E-state index in [-0.39, 0.29) is 11.8 Å². The van der Waals surface area contributed by atoms with Gasteiger partial charge in [-0.25, -0.2) is 4.98 Å². The zero-order valence-electron chi connectivity index (χ0n) is 18.1. The topological polar surface area (TPSA) is 48.5 Å². The quantitative estimate of drug-likeness (QED) is 0.722. The van der Waals surface area contributed by atoms with Crippen LogP contribution in [0.2, 0.25) is 0 Å². The summed E-state index contributed by atoms with van der Waals surface area (Å²) in [6.07, 6.45) is 0.296. The van der Waals surface area contributed by atoms with E-state index in [2.05, 4.69) is 27.3 Å². The van der Waals surface area contributed by atoms with Crippen molar-refractivity contribution in [2.45, 2.75) is 44.9 Å². The molecule has 2 saturated heterocycles. The summed E-state index contributed by atoms with van der Waals surface area (Å²) in [6, 6.07) is 10.7. The minimum Gasteiger partial charge on any atom is -0.357 e. The number of aromatic nitrogens is 1. The lowest BCUT2D eigenvalue weighted by Gasteiger charge is -2.32. The fourth-order valence-corrected chi connectivity index (χ4v) is 4.50. The minimum absolute atomic E-state index is 0.0426. The van der Waals surface area contributed by atoms with E-state index in [0.717, 1.165) is 37.5 Å². The van der Waals surface area contributed by atoms with Crippen LogP contribution in [0.5, 0.6) is 0 Å². The molecule has 1 N–H and O–H groups in total. The summed E-state index contributed by atoms with van der Waals surface area (Å²) in [5.74, 6) is 0.472. The number of halogens is 3. The Labute approximate surface area is 186 Å². The first-order valence-corrected chi connectivity index (χ1v) is 11.3. The number of likely N-dealkylation sites (tertiary alicyclic amines) is 1. The third kappa shape index (κ3) is 5.59. The molecule has 0 saturated carbocycles. The molecule has 2 aliphatic heterocycles. The number of anilines is 1. The molecule has 3 heterocycles. The molecule has 172 valence electrons. The lowest BCUT2D eigenvalue weighted by Crippen LogP contribution is -2.40. The Hall–Kier alpha value is -2.61. The predicted molar refractivity (Wildman–Crippen MR) is 117 cm³/mol. The average molecular weight is 447 g/mol. The van der Waals surface area contributed by atoms with Crippen molar-refractivity contribution >= 4 is 11.7 Å². The Kier molecular flexibility index (Phi) is 6.98. The fourth-order valence-electron chi connectivity index (χ4n) is 4.50. The zero-order valence-corrected chi connectivity index (χ0v) is 18.1. The van der Waals surface area contributed by atoms with E-state index in [4.69, 9.17) is 0 Å². The van der Waals surface area contributed by atoms with Crippen molar-refractivity contribution in [3.05, 3.63) is 59.3 Å². The van der Waals surface area contributed by atoms with Gasteiger partial charge in [0.1, 0.15) is 5.82 Å². The average Bonchev–Trinajstić information content (AvgIpc) is 3.31. The van der Waals surface area contributed by atoms with Gasteiger partial charge >= 0.3 is 6.18 Å². The molecular weight excluding hydrogens is 417 g/mol. The van der Waals surface area contributed by atoms with Crippen molar-refractivity contribution in [2.24, 2.45) is 5.92 Å². The number of alkyl halides is 3. The van der Waals surface area contributed by atoms with Crippen LogP contribution in [0.25, 0.3) is 0 Å². The summed E-state index contributed by atoms with van der Waals surface area (Å²) in [4.78, 5) is 21.1. The normalized spacial score (nSPS) is 18.2. The number of hydrogen-bond donors (Lipinski definition) is 1. The van der Waals surface area contributed by atoms with Gasteiger partial charge in [0.2, 0.25) is 5.91 Å². The van der Waals surface area contributed by atoms with Crippen molar-refractivity contribution in [1.82, 2.24) is 15.2 Å². The Bertz CT molecular complexity index is 902. The molecule has 32 heavy (non-hydrogen) atoms. The number of nitrogens with zero attached hydrogens (tertiary/aromatic N) is 3. The van der Waals surface area contributed by atoms with Gasteiger partial charge in [0, 0.05) is 38.3 Å². The highest BCUT2D eigenvalue weighted by Gasteiger charge is 2.31. The molecular formula is C24H29F3N4O. The maximum atomic E-state index is 12.7. The second-order valence-electron chi connectivity index (χ2n) is 8.63. The number of benzene rings is 1. The number of rotatable bonds is 6. The van der Waals surface area contributed by atoms with Crippen LogP contribution in [0.1, 0.15) is 42.4 Å². The van der Waals surface area contributed by atoms with Gasteiger partial charge in [-0.2, -0.15) is 13.2 Å². The molecule has 5 nitrogen and oxygen atoms in total. The molecule has 0 aliphatic carbocycles. The van der Waals surface area contributed by atoms with Crippen LogP contribution in [0.4, 0.5) is 19.0 Å². The SMILES string of the molecule is O=C(NCc1ccccc1CN1CCCC1)C1CCN(c2ccc(C(F)(F)F)cn2)CC1. The number of hydrogen-bond acceptors (Lipinski definition) is 4. The van der Waals surface area contributed by atoms with Gasteiger partial charge in [0.15, 0.2) is 0 Å². The summed E-state index contributed by atoms with van der Waals surface area (Å²) in [7, 11) is 0. The molecule has 1 aromatic carbocycles. The molecule has 0 atom stereocenters. The monoisotopic (exact) mass is 446 g/mol. The van der Waals surface area contributed by atoms with E-state index in [1.54, 1.807) is 0 Å². The lowest BCUT2D eigenvalue weighted by atomic mass is 9.95. The zero-order chi connectivity index (χ0) is 22.6. The standard InChI is InChI=1S/C24H29F3N4O/c25-24(26,27)21-7-8-22(28-16-21)31-13-9-18(10-14-31)23(32)29-15-19-5-1-2-6-20(19)17-30-11-3-4-12-30/h1-2,5-8,16,18H,3-4,9-15,17H2,(H,29,32). The largest absolute Gasteiger partial charge is 0.417 e. The lowest BCUT2D eigenvalue weighted by molar-refractivity contribution is -0.137. The Morgan fingerprint density at radius 2 is 1.69 bits per heavy atom. The van der Waals surface area contributed by atoms with E-state index in [9.17, 15) is 18.0 Å². The van der Waals surface area contributed by atoms with Gasteiger partial charge in [-0.3, -0.25) is 9.69 Å². The van der Waals surface area contributed by atoms with Crippen molar-refractivity contribution in [1.29, 1.82) is 0 Å². The Morgan fingerprint density at radius 3 is 2.31 bits per heavy atom. The third-order valence-corrected chi connectivity index (χ3v) is 6.43. The Balaban J connectivity index is 1.27. The molecule has 1 amide bonds. The number of carbonyl (C=O) groups excluding carboxylic acids is 1. The number of carbonyl (C=O) groups is 1. The predicted octanol–water partition coefficient (Wildman–Crippen LogP) is 4.23. The summed E-state index contributed by atoms with van der Waals surface area (Å²) >= 11 is 0. The third-order valence-electron chi connectivity index (χ3n) is 6.43. The number of amides is 1. The molecule has 2 aliphatic rings. The first-order chi connectivity index (χ1) is 15.4. The maximum Gasteiger partial charge on any atom is 0.417 e. The summed E-state index contributed by atoms with van der Waals surface area (Å²) < 4.78 is 38.2. The molecule has 0 spiro atoms. The molecule has 0 radical (unpaired) electrons. The highest BCUT2D eigenvalue weighted by atomic mass is 19.4. The number of pyridine rings is 1. The molecule has 8 heteroatoms. The summed E-state index contributed by atoms with van der Waals surface area (Å²) in [6.45, 7) is 4.90. The van der Waals surface area contributed by atoms with Crippen LogP contribution in [0.15, 0.2) is 42.6 Å². The van der Waals surface area contributed by atoms with Crippen molar-refractivity contribution in [2.75, 3.05) is 31.1 Å². The van der Waals surface area contributed by atoms with Crippen LogP contribution < -0.4 is 10.2 Å².